The predicted molar refractivity (Wildman–Crippen MR) is 87.0 cm³/mol. The van der Waals surface area contributed by atoms with Crippen LogP contribution in [0.5, 0.6) is 0 Å². The number of hydrogen-bond acceptors (Lipinski definition) is 4. The van der Waals surface area contributed by atoms with Crippen LogP contribution < -0.4 is 0 Å². The van der Waals surface area contributed by atoms with Gasteiger partial charge >= 0.3 is 0 Å². The number of pyridine rings is 1. The van der Waals surface area contributed by atoms with E-state index in [0.717, 1.165) is 31.4 Å². The van der Waals surface area contributed by atoms with Gasteiger partial charge in [-0.1, -0.05) is 6.07 Å². The van der Waals surface area contributed by atoms with Gasteiger partial charge in [-0.2, -0.15) is 0 Å². The highest BCUT2D eigenvalue weighted by molar-refractivity contribution is 7.88. The summed E-state index contributed by atoms with van der Waals surface area (Å²) in [6, 6.07) is 3.85. The highest BCUT2D eigenvalue weighted by Gasteiger charge is 2.47. The van der Waals surface area contributed by atoms with Gasteiger partial charge in [0.25, 0.3) is 0 Å². The monoisotopic (exact) mass is 337 g/mol. The molecule has 2 aliphatic heterocycles. The van der Waals surface area contributed by atoms with E-state index in [0.29, 0.717) is 26.1 Å². The average Bonchev–Trinajstić information content (AvgIpc) is 2.70. The zero-order chi connectivity index (χ0) is 16.5. The molecule has 1 spiro atoms. The molecule has 3 heterocycles. The second-order valence-electron chi connectivity index (χ2n) is 6.63. The number of carbonyl (C=O) groups is 1. The fourth-order valence-corrected chi connectivity index (χ4v) is 4.60. The van der Waals surface area contributed by atoms with E-state index in [1.54, 1.807) is 12.4 Å². The van der Waals surface area contributed by atoms with Crippen molar-refractivity contribution < 1.29 is 13.2 Å². The molecule has 0 radical (unpaired) electrons. The summed E-state index contributed by atoms with van der Waals surface area (Å²) in [5, 5.41) is 0. The van der Waals surface area contributed by atoms with Crippen LogP contribution in [0, 0.1) is 5.41 Å². The van der Waals surface area contributed by atoms with E-state index in [4.69, 9.17) is 0 Å². The van der Waals surface area contributed by atoms with Crippen LogP contribution in [0.2, 0.25) is 0 Å². The number of sulfonamides is 1. The normalized spacial score (nSPS) is 26.7. The maximum atomic E-state index is 12.9. The molecular weight excluding hydrogens is 314 g/mol. The van der Waals surface area contributed by atoms with Gasteiger partial charge in [0.1, 0.15) is 0 Å². The lowest BCUT2D eigenvalue weighted by atomic mass is 9.79. The minimum Gasteiger partial charge on any atom is -0.338 e. The Hall–Kier alpha value is -1.47. The summed E-state index contributed by atoms with van der Waals surface area (Å²) in [4.78, 5) is 18.9. The molecule has 126 valence electrons. The molecule has 1 aromatic heterocycles. The molecule has 7 heteroatoms. The van der Waals surface area contributed by atoms with Crippen molar-refractivity contribution in [1.82, 2.24) is 14.2 Å². The molecule has 1 amide bonds. The molecule has 2 saturated heterocycles. The minimum absolute atomic E-state index is 0.178. The first-order chi connectivity index (χ1) is 10.9. The third-order valence-electron chi connectivity index (χ3n) is 5.07. The Kier molecular flexibility index (Phi) is 4.42. The van der Waals surface area contributed by atoms with Gasteiger partial charge in [0.05, 0.1) is 11.7 Å². The first-order valence-electron chi connectivity index (χ1n) is 8.04. The molecule has 1 aromatic rings. The van der Waals surface area contributed by atoms with Crippen LogP contribution in [0.15, 0.2) is 24.5 Å². The zero-order valence-corrected chi connectivity index (χ0v) is 14.3. The van der Waals surface area contributed by atoms with Crippen LogP contribution in [0.1, 0.15) is 31.2 Å². The molecular formula is C16H23N3O3S. The summed E-state index contributed by atoms with van der Waals surface area (Å²) in [6.45, 7) is 2.30. The van der Waals surface area contributed by atoms with Gasteiger partial charge in [-0.25, -0.2) is 12.7 Å². The van der Waals surface area contributed by atoms with Crippen molar-refractivity contribution in [2.24, 2.45) is 5.41 Å². The van der Waals surface area contributed by atoms with Crippen LogP contribution in [-0.4, -0.2) is 54.4 Å². The van der Waals surface area contributed by atoms with Crippen LogP contribution >= 0.6 is 0 Å². The molecule has 2 fully saturated rings. The molecule has 0 bridgehead atoms. The fourth-order valence-electron chi connectivity index (χ4n) is 3.72. The number of likely N-dealkylation sites (tertiary alicyclic amines) is 1. The average molecular weight is 337 g/mol. The number of nitrogens with zero attached hydrogens (tertiary/aromatic N) is 3. The summed E-state index contributed by atoms with van der Waals surface area (Å²) < 4.78 is 25.0. The summed E-state index contributed by atoms with van der Waals surface area (Å²) in [7, 11) is -3.17. The van der Waals surface area contributed by atoms with Crippen molar-refractivity contribution in [3.8, 4) is 0 Å². The Balaban J connectivity index is 1.70. The van der Waals surface area contributed by atoms with E-state index < -0.39 is 10.0 Å². The largest absolute Gasteiger partial charge is 0.338 e. The maximum Gasteiger partial charge on any atom is 0.229 e. The topological polar surface area (TPSA) is 70.6 Å². The molecule has 0 aliphatic carbocycles. The van der Waals surface area contributed by atoms with Crippen molar-refractivity contribution in [3.63, 3.8) is 0 Å². The zero-order valence-electron chi connectivity index (χ0n) is 13.4. The minimum atomic E-state index is -3.17. The first kappa shape index (κ1) is 16.4. The van der Waals surface area contributed by atoms with Crippen LogP contribution in [0.3, 0.4) is 0 Å². The van der Waals surface area contributed by atoms with Crippen molar-refractivity contribution in [3.05, 3.63) is 30.1 Å². The second-order valence-corrected chi connectivity index (χ2v) is 8.62. The molecule has 0 N–H and O–H groups in total. The molecule has 6 nitrogen and oxygen atoms in total. The van der Waals surface area contributed by atoms with Crippen molar-refractivity contribution in [1.29, 1.82) is 0 Å². The molecule has 2 aliphatic rings. The van der Waals surface area contributed by atoms with Crippen molar-refractivity contribution in [2.75, 3.05) is 25.9 Å². The van der Waals surface area contributed by atoms with Gasteiger partial charge in [0.15, 0.2) is 0 Å². The third-order valence-corrected chi connectivity index (χ3v) is 6.37. The lowest BCUT2D eigenvalue weighted by Crippen LogP contribution is -2.36. The van der Waals surface area contributed by atoms with Crippen molar-refractivity contribution in [2.45, 2.75) is 32.2 Å². The van der Waals surface area contributed by atoms with Gasteiger partial charge in [-0.3, -0.25) is 9.78 Å². The Morgan fingerprint density at radius 1 is 1.22 bits per heavy atom. The first-order valence-corrected chi connectivity index (χ1v) is 9.89. The number of amides is 1. The summed E-state index contributed by atoms with van der Waals surface area (Å²) >= 11 is 0. The highest BCUT2D eigenvalue weighted by atomic mass is 32.2. The number of carbonyl (C=O) groups excluding carboxylic acids is 1. The van der Waals surface area contributed by atoms with Gasteiger partial charge in [-0.05, 0) is 37.3 Å². The standard InChI is InChI=1S/C16H23N3O3S/c1-23(21,22)19-9-3-5-16(7-11-19)6-10-18(15(16)20)13-14-4-2-8-17-12-14/h2,4,8,12H,3,5-7,9-11,13H2,1H3/t16-/m1/s1. The molecule has 0 aromatic carbocycles. The van der Waals surface area contributed by atoms with Crippen molar-refractivity contribution >= 4 is 15.9 Å². The maximum absolute atomic E-state index is 12.9. The Morgan fingerprint density at radius 3 is 2.70 bits per heavy atom. The second kappa shape index (κ2) is 6.20. The number of rotatable bonds is 3. The van der Waals surface area contributed by atoms with Gasteiger partial charge in [0, 0.05) is 38.6 Å². The van der Waals surface area contributed by atoms with E-state index in [1.165, 1.54) is 10.6 Å². The number of aromatic nitrogens is 1. The molecule has 1 atom stereocenters. The fraction of sp³-hybridized carbons (Fsp3) is 0.625. The molecule has 3 rings (SSSR count). The van der Waals surface area contributed by atoms with Gasteiger partial charge in [0.2, 0.25) is 15.9 Å². The molecule has 0 saturated carbocycles. The molecule has 0 unspecified atom stereocenters. The van der Waals surface area contributed by atoms with E-state index >= 15 is 0 Å². The highest BCUT2D eigenvalue weighted by Crippen LogP contribution is 2.42. The SMILES string of the molecule is CS(=O)(=O)N1CCC[C@@]2(CCN(Cc3cccnc3)C2=O)CC1. The summed E-state index contributed by atoms with van der Waals surface area (Å²) in [5.74, 6) is 0.178. The lowest BCUT2D eigenvalue weighted by molar-refractivity contribution is -0.137. The van der Waals surface area contributed by atoms with Gasteiger partial charge < -0.3 is 4.90 Å². The quantitative estimate of drug-likeness (QED) is 0.832. The summed E-state index contributed by atoms with van der Waals surface area (Å²) in [5.41, 5.74) is 0.658. The summed E-state index contributed by atoms with van der Waals surface area (Å²) in [6.07, 6.45) is 7.74. The predicted octanol–water partition coefficient (Wildman–Crippen LogP) is 1.25. The number of hydrogen-bond donors (Lipinski definition) is 0. The van der Waals surface area contributed by atoms with Crippen LogP contribution in [0.25, 0.3) is 0 Å². The third kappa shape index (κ3) is 3.40. The molecule has 23 heavy (non-hydrogen) atoms. The van der Waals surface area contributed by atoms with E-state index in [-0.39, 0.29) is 11.3 Å². The van der Waals surface area contributed by atoms with Crippen LogP contribution in [0.4, 0.5) is 0 Å². The van der Waals surface area contributed by atoms with Crippen LogP contribution in [-0.2, 0) is 21.4 Å². The van der Waals surface area contributed by atoms with E-state index in [2.05, 4.69) is 4.98 Å². The Labute approximate surface area is 137 Å². The van der Waals surface area contributed by atoms with Gasteiger partial charge in [-0.15, -0.1) is 0 Å². The Morgan fingerprint density at radius 2 is 2.00 bits per heavy atom. The lowest BCUT2D eigenvalue weighted by Gasteiger charge is -2.26. The smallest absolute Gasteiger partial charge is 0.229 e. The van der Waals surface area contributed by atoms with E-state index in [1.807, 2.05) is 17.0 Å². The Bertz CT molecular complexity index is 677. The van der Waals surface area contributed by atoms with E-state index in [9.17, 15) is 13.2 Å².